The van der Waals surface area contributed by atoms with Gasteiger partial charge in [0.05, 0.1) is 13.2 Å². The Kier molecular flexibility index (Phi) is 9.28. The summed E-state index contributed by atoms with van der Waals surface area (Å²) >= 11 is 0. The van der Waals surface area contributed by atoms with Crippen molar-refractivity contribution in [1.82, 2.24) is 19.5 Å². The number of hydrogen-bond acceptors (Lipinski definition) is 7. The van der Waals surface area contributed by atoms with Crippen LogP contribution in [0, 0.1) is 39.9 Å². The summed E-state index contributed by atoms with van der Waals surface area (Å²) in [6, 6.07) is 10.2. The molecule has 1 saturated heterocycles. The molecule has 0 radical (unpaired) electrons. The second-order valence-electron chi connectivity index (χ2n) is 16.6. The molecule has 1 N–H and O–H groups in total. The fourth-order valence-corrected chi connectivity index (χ4v) is 7.08. The number of benzene rings is 1. The third-order valence-corrected chi connectivity index (χ3v) is 9.90. The molecule has 2 atom stereocenters. The standard InChI is InChI=1S/C37H51N5O5/c1-22-19-26(36(5,6)7)29(27(20-22)37(8,9)10)46-33(43)28-25(21-38)32(47-34(44)41-15-17-45-18-16-41)42-31(28)39-30(40-42)23-11-13-24(14-12-23)35(2,3)4/h11-14,22,26-27,29H,15-20H2,1-10H3,(H,39,40). The van der Waals surface area contributed by atoms with Crippen LogP contribution in [-0.4, -0.2) is 64.0 Å². The van der Waals surface area contributed by atoms with Crippen molar-refractivity contribution >= 4 is 17.7 Å². The Bertz CT molecular complexity index is 1630. The predicted octanol–water partition coefficient (Wildman–Crippen LogP) is 7.61. The minimum absolute atomic E-state index is 0.00923. The van der Waals surface area contributed by atoms with Gasteiger partial charge in [0.25, 0.3) is 0 Å². The average Bonchev–Trinajstić information content (AvgIpc) is 3.54. The molecule has 10 heteroatoms. The highest BCUT2D eigenvalue weighted by Crippen LogP contribution is 2.50. The number of nitrogens with one attached hydrogen (secondary N) is 1. The van der Waals surface area contributed by atoms with Crippen LogP contribution in [0.1, 0.15) is 104 Å². The first-order valence-corrected chi connectivity index (χ1v) is 16.8. The van der Waals surface area contributed by atoms with E-state index in [1.54, 1.807) is 0 Å². The van der Waals surface area contributed by atoms with Crippen molar-refractivity contribution < 1.29 is 23.8 Å². The predicted molar refractivity (Wildman–Crippen MR) is 180 cm³/mol. The second kappa shape index (κ2) is 12.6. The number of nitrogens with zero attached hydrogens (tertiary/aromatic N) is 4. The van der Waals surface area contributed by atoms with Crippen LogP contribution in [0.4, 0.5) is 4.79 Å². The van der Waals surface area contributed by atoms with E-state index in [1.165, 1.54) is 15.0 Å². The van der Waals surface area contributed by atoms with Gasteiger partial charge in [-0.1, -0.05) is 93.5 Å². The number of carbonyl (C=O) groups is 2. The van der Waals surface area contributed by atoms with Gasteiger partial charge in [-0.3, -0.25) is 5.10 Å². The number of aromatic amines is 1. The van der Waals surface area contributed by atoms with Gasteiger partial charge < -0.3 is 19.1 Å². The van der Waals surface area contributed by atoms with Crippen molar-refractivity contribution in [2.45, 2.75) is 93.6 Å². The minimum Gasteiger partial charge on any atom is -0.458 e. The third kappa shape index (κ3) is 7.06. The van der Waals surface area contributed by atoms with E-state index in [0.717, 1.165) is 18.4 Å². The molecular formula is C37H51N5O5. The Balaban J connectivity index is 1.61. The van der Waals surface area contributed by atoms with Crippen LogP contribution in [0.2, 0.25) is 0 Å². The maximum absolute atomic E-state index is 14.4. The molecule has 5 rings (SSSR count). The maximum Gasteiger partial charge on any atom is 0.416 e. The topological polar surface area (TPSA) is 122 Å². The van der Waals surface area contributed by atoms with Gasteiger partial charge in [-0.15, -0.1) is 0 Å². The van der Waals surface area contributed by atoms with Gasteiger partial charge in [-0.2, -0.15) is 5.26 Å². The first-order valence-electron chi connectivity index (χ1n) is 16.8. The Morgan fingerprint density at radius 1 is 0.957 bits per heavy atom. The first kappa shape index (κ1) is 34.5. The van der Waals surface area contributed by atoms with Gasteiger partial charge in [-0.05, 0) is 40.6 Å². The molecule has 1 amide bonds. The lowest BCUT2D eigenvalue weighted by Gasteiger charge is -2.50. The van der Waals surface area contributed by atoms with E-state index in [4.69, 9.17) is 19.2 Å². The summed E-state index contributed by atoms with van der Waals surface area (Å²) in [7, 11) is 0. The first-order chi connectivity index (χ1) is 21.9. The Morgan fingerprint density at radius 2 is 1.53 bits per heavy atom. The van der Waals surface area contributed by atoms with Crippen LogP contribution >= 0.6 is 0 Å². The molecule has 254 valence electrons. The number of carbonyl (C=O) groups excluding carboxylic acids is 2. The van der Waals surface area contributed by atoms with Crippen molar-refractivity contribution in [1.29, 1.82) is 5.26 Å². The van der Waals surface area contributed by atoms with Crippen molar-refractivity contribution in [2.24, 2.45) is 28.6 Å². The van der Waals surface area contributed by atoms with Gasteiger partial charge >= 0.3 is 12.1 Å². The van der Waals surface area contributed by atoms with Crippen LogP contribution in [0.3, 0.4) is 0 Å². The number of ether oxygens (including phenoxy) is 3. The zero-order valence-corrected chi connectivity index (χ0v) is 29.7. The van der Waals surface area contributed by atoms with Crippen LogP contribution in [0.5, 0.6) is 5.88 Å². The molecule has 2 aromatic heterocycles. The zero-order chi connectivity index (χ0) is 34.5. The van der Waals surface area contributed by atoms with Crippen molar-refractivity contribution in [2.75, 3.05) is 26.3 Å². The lowest BCUT2D eigenvalue weighted by Crippen LogP contribution is -2.49. The smallest absolute Gasteiger partial charge is 0.416 e. The average molecular weight is 646 g/mol. The highest BCUT2D eigenvalue weighted by Gasteiger charge is 2.48. The number of hydrogen-bond donors (Lipinski definition) is 1. The largest absolute Gasteiger partial charge is 0.458 e. The summed E-state index contributed by atoms with van der Waals surface area (Å²) in [6.07, 6.45) is 0.868. The van der Waals surface area contributed by atoms with Gasteiger partial charge in [-0.25, -0.2) is 19.1 Å². The van der Waals surface area contributed by atoms with E-state index in [-0.39, 0.29) is 56.8 Å². The molecule has 1 aliphatic heterocycles. The molecule has 1 aromatic carbocycles. The van der Waals surface area contributed by atoms with E-state index < -0.39 is 12.1 Å². The molecule has 2 aliphatic rings. The molecule has 2 fully saturated rings. The van der Waals surface area contributed by atoms with Crippen molar-refractivity contribution in [3.8, 4) is 23.3 Å². The van der Waals surface area contributed by atoms with Gasteiger partial charge in [0.2, 0.25) is 5.88 Å². The molecule has 0 bridgehead atoms. The number of aromatic nitrogens is 3. The van der Waals surface area contributed by atoms with E-state index in [2.05, 4.69) is 80.4 Å². The summed E-state index contributed by atoms with van der Waals surface area (Å²) in [5.74, 6) is 0.439. The quantitative estimate of drug-likeness (QED) is 0.290. The van der Waals surface area contributed by atoms with Crippen LogP contribution in [-0.2, 0) is 14.9 Å². The molecular weight excluding hydrogens is 594 g/mol. The summed E-state index contributed by atoms with van der Waals surface area (Å²) in [4.78, 5) is 34.1. The van der Waals surface area contributed by atoms with Gasteiger partial charge in [0, 0.05) is 30.5 Å². The number of rotatable bonds is 4. The maximum atomic E-state index is 14.4. The van der Waals surface area contributed by atoms with E-state index in [1.807, 2.05) is 24.3 Å². The number of esters is 1. The normalized spacial score (nSPS) is 22.6. The van der Waals surface area contributed by atoms with Crippen molar-refractivity contribution in [3.63, 3.8) is 0 Å². The minimum atomic E-state index is -0.642. The molecule has 47 heavy (non-hydrogen) atoms. The molecule has 1 aliphatic carbocycles. The highest BCUT2D eigenvalue weighted by molar-refractivity contribution is 6.01. The number of fused-ring (bicyclic) bond motifs is 1. The van der Waals surface area contributed by atoms with Crippen LogP contribution in [0.15, 0.2) is 24.3 Å². The highest BCUT2D eigenvalue weighted by atomic mass is 16.6. The SMILES string of the molecule is CC1CC(C(C)(C)C)C(OC(=O)c2c(C#N)c(OC(=O)N3CCOCC3)n3[nH]c(-c4ccc(C(C)(C)C)cc4)nc23)C(C(C)(C)C)C1. The van der Waals surface area contributed by atoms with E-state index in [9.17, 15) is 14.9 Å². The lowest BCUT2D eigenvalue weighted by atomic mass is 9.59. The lowest BCUT2D eigenvalue weighted by molar-refractivity contribution is -0.0922. The van der Waals surface area contributed by atoms with Crippen LogP contribution < -0.4 is 4.74 Å². The summed E-state index contributed by atoms with van der Waals surface area (Å²) in [5.41, 5.74) is 1.77. The summed E-state index contributed by atoms with van der Waals surface area (Å²) < 4.78 is 19.2. The molecule has 10 nitrogen and oxygen atoms in total. The number of amides is 1. The molecule has 3 aromatic rings. The fraction of sp³-hybridized carbons (Fsp3) is 0.622. The number of nitriles is 1. The summed E-state index contributed by atoms with van der Waals surface area (Å²) in [6.45, 7) is 23.4. The molecule has 0 spiro atoms. The Morgan fingerprint density at radius 3 is 2.04 bits per heavy atom. The molecule has 1 saturated carbocycles. The molecule has 2 unspecified atom stereocenters. The third-order valence-electron chi connectivity index (χ3n) is 9.90. The number of morpholine rings is 1. The zero-order valence-electron chi connectivity index (χ0n) is 29.7. The fourth-order valence-electron chi connectivity index (χ4n) is 7.08. The molecule has 3 heterocycles. The van der Waals surface area contributed by atoms with Crippen molar-refractivity contribution in [3.05, 3.63) is 41.0 Å². The van der Waals surface area contributed by atoms with Gasteiger partial charge in [0.1, 0.15) is 23.3 Å². The van der Waals surface area contributed by atoms with Gasteiger partial charge in [0.15, 0.2) is 11.5 Å². The van der Waals surface area contributed by atoms with E-state index in [0.29, 0.717) is 38.0 Å². The Hall–Kier alpha value is -3.84. The second-order valence-corrected chi connectivity index (χ2v) is 16.6. The monoisotopic (exact) mass is 645 g/mol. The Labute approximate surface area is 278 Å². The van der Waals surface area contributed by atoms with Crippen LogP contribution in [0.25, 0.3) is 17.0 Å². The van der Waals surface area contributed by atoms with E-state index >= 15 is 0 Å². The number of H-pyrrole nitrogens is 1. The summed E-state index contributed by atoms with van der Waals surface area (Å²) in [5, 5.41) is 13.6.